The van der Waals surface area contributed by atoms with E-state index in [0.717, 1.165) is 0 Å². The van der Waals surface area contributed by atoms with Gasteiger partial charge in [-0.2, -0.15) is 8.78 Å². The normalized spacial score (nSPS) is 15.7. The van der Waals surface area contributed by atoms with Crippen LogP contribution in [0.4, 0.5) is 13.2 Å². The lowest BCUT2D eigenvalue weighted by molar-refractivity contribution is 0.0211. The van der Waals surface area contributed by atoms with Gasteiger partial charge in [-0.25, -0.2) is 4.39 Å². The zero-order chi connectivity index (χ0) is 7.49. The van der Waals surface area contributed by atoms with E-state index in [2.05, 4.69) is 15.9 Å². The van der Waals surface area contributed by atoms with Crippen molar-refractivity contribution in [2.24, 2.45) is 0 Å². The van der Waals surface area contributed by atoms with Crippen molar-refractivity contribution in [3.8, 4) is 0 Å². The number of rotatable bonds is 3. The number of hydrogen-bond donors (Lipinski definition) is 0. The van der Waals surface area contributed by atoms with E-state index in [0.29, 0.717) is 0 Å². The average molecular weight is 270 g/mol. The molecule has 0 N–H and O–H groups in total. The molecule has 1 atom stereocenters. The van der Waals surface area contributed by atoms with Gasteiger partial charge in [0.1, 0.15) is 0 Å². The van der Waals surface area contributed by atoms with Crippen LogP contribution in [0.3, 0.4) is 0 Å². The van der Waals surface area contributed by atoms with Gasteiger partial charge in [0.15, 0.2) is 6.17 Å². The first-order valence-corrected chi connectivity index (χ1v) is 4.16. The third-order valence-corrected chi connectivity index (χ3v) is 1.67. The van der Waals surface area contributed by atoms with Gasteiger partial charge in [0.05, 0.1) is 0 Å². The quantitative estimate of drug-likeness (QED) is 0.691. The molecule has 0 aliphatic heterocycles. The first-order valence-electron chi connectivity index (χ1n) is 2.25. The maximum atomic E-state index is 12.1. The Labute approximate surface area is 68.1 Å². The summed E-state index contributed by atoms with van der Waals surface area (Å²) in [5.41, 5.74) is 0. The van der Waals surface area contributed by atoms with E-state index >= 15 is 0 Å². The number of halogens is 5. The zero-order valence-electron chi connectivity index (χ0n) is 4.38. The fraction of sp³-hybridized carbons (Fsp3) is 1.00. The van der Waals surface area contributed by atoms with Crippen LogP contribution < -0.4 is 0 Å². The monoisotopic (exact) mass is 268 g/mol. The molecule has 5 heteroatoms. The van der Waals surface area contributed by atoms with Gasteiger partial charge < -0.3 is 0 Å². The molecule has 0 aliphatic carbocycles. The average Bonchev–Trinajstić information content (AvgIpc) is 1.64. The Hall–Kier alpha value is 0.750. The summed E-state index contributed by atoms with van der Waals surface area (Å²) in [6.45, 7) is 0. The van der Waals surface area contributed by atoms with Crippen molar-refractivity contribution < 1.29 is 13.2 Å². The lowest BCUT2D eigenvalue weighted by atomic mass is 10.3. The fourth-order valence-electron chi connectivity index (χ4n) is 0.259. The van der Waals surface area contributed by atoms with Gasteiger partial charge in [0, 0.05) is 5.33 Å². The highest BCUT2D eigenvalue weighted by Crippen LogP contribution is 2.30. The van der Waals surface area contributed by atoms with Crippen LogP contribution in [0.25, 0.3) is 0 Å². The minimum absolute atomic E-state index is 0.182. The first-order chi connectivity index (χ1) is 3.98. The predicted octanol–water partition coefficient (Wildman–Crippen LogP) is 3.10. The highest BCUT2D eigenvalue weighted by Gasteiger charge is 2.35. The van der Waals surface area contributed by atoms with E-state index in [1.54, 1.807) is 0 Å². The molecule has 0 amide bonds. The second-order valence-electron chi connectivity index (χ2n) is 1.49. The molecule has 0 aromatic carbocycles. The Morgan fingerprint density at radius 3 is 2.00 bits per heavy atom. The molecule has 56 valence electrons. The summed E-state index contributed by atoms with van der Waals surface area (Å²) in [5.74, 6) is 0. The lowest BCUT2D eigenvalue weighted by Gasteiger charge is -2.11. The Bertz CT molecular complexity index is 80.4. The van der Waals surface area contributed by atoms with Crippen LogP contribution in [-0.4, -0.2) is 16.3 Å². The lowest BCUT2D eigenvalue weighted by Crippen LogP contribution is -2.22. The molecule has 0 saturated heterocycles. The van der Waals surface area contributed by atoms with E-state index in [-0.39, 0.29) is 11.8 Å². The molecule has 0 unspecified atom stereocenters. The van der Waals surface area contributed by atoms with Crippen molar-refractivity contribution in [2.75, 3.05) is 5.33 Å². The molecule has 0 aromatic rings. The summed E-state index contributed by atoms with van der Waals surface area (Å²) >= 11 is 4.76. The summed E-state index contributed by atoms with van der Waals surface area (Å²) in [6, 6.07) is 0. The maximum Gasteiger partial charge on any atom is 0.331 e. The van der Waals surface area contributed by atoms with Crippen molar-refractivity contribution in [1.82, 2.24) is 0 Å². The standard InChI is InChI=1S/C4H5Br2F3/c5-2-1-3(7)4(6,8)9/h3H,1-2H2/t3-/m0/s1. The van der Waals surface area contributed by atoms with Gasteiger partial charge in [0.2, 0.25) is 0 Å². The molecule has 0 rings (SSSR count). The highest BCUT2D eigenvalue weighted by atomic mass is 79.9. The molecule has 0 heterocycles. The molecule has 0 nitrogen and oxygen atoms in total. The predicted molar refractivity (Wildman–Crippen MR) is 37.2 cm³/mol. The van der Waals surface area contributed by atoms with E-state index in [9.17, 15) is 13.2 Å². The Kier molecular flexibility index (Phi) is 4.12. The molecule has 0 bridgehead atoms. The molecular formula is C4H5Br2F3. The SMILES string of the molecule is F[C@@H](CCBr)C(F)(F)Br. The van der Waals surface area contributed by atoms with Crippen LogP contribution in [-0.2, 0) is 0 Å². The Balaban J connectivity index is 3.59. The first kappa shape index (κ1) is 9.75. The van der Waals surface area contributed by atoms with E-state index in [4.69, 9.17) is 0 Å². The Morgan fingerprint density at radius 2 is 1.89 bits per heavy atom. The minimum Gasteiger partial charge on any atom is -0.240 e. The largest absolute Gasteiger partial charge is 0.331 e. The van der Waals surface area contributed by atoms with Crippen molar-refractivity contribution in [3.63, 3.8) is 0 Å². The van der Waals surface area contributed by atoms with Crippen LogP contribution in [0, 0.1) is 0 Å². The second-order valence-corrected chi connectivity index (χ2v) is 3.34. The molecule has 0 spiro atoms. The van der Waals surface area contributed by atoms with Crippen LogP contribution in [0.15, 0.2) is 0 Å². The van der Waals surface area contributed by atoms with E-state index in [1.807, 2.05) is 15.9 Å². The highest BCUT2D eigenvalue weighted by molar-refractivity contribution is 9.10. The van der Waals surface area contributed by atoms with Gasteiger partial charge in [0.25, 0.3) is 0 Å². The van der Waals surface area contributed by atoms with Crippen LogP contribution in [0.5, 0.6) is 0 Å². The summed E-state index contributed by atoms with van der Waals surface area (Å²) in [7, 11) is 0. The number of hydrogen-bond acceptors (Lipinski definition) is 0. The van der Waals surface area contributed by atoms with Gasteiger partial charge >= 0.3 is 4.83 Å². The zero-order valence-corrected chi connectivity index (χ0v) is 7.55. The van der Waals surface area contributed by atoms with Gasteiger partial charge in [-0.3, -0.25) is 0 Å². The van der Waals surface area contributed by atoms with Gasteiger partial charge in [-0.05, 0) is 22.4 Å². The Morgan fingerprint density at radius 1 is 1.44 bits per heavy atom. The summed E-state index contributed by atoms with van der Waals surface area (Å²) in [6.07, 6.45) is -2.28. The third-order valence-electron chi connectivity index (χ3n) is 0.718. The summed E-state index contributed by atoms with van der Waals surface area (Å²) in [4.78, 5) is -3.37. The van der Waals surface area contributed by atoms with E-state index < -0.39 is 11.0 Å². The minimum atomic E-state index is -3.37. The van der Waals surface area contributed by atoms with Crippen molar-refractivity contribution in [2.45, 2.75) is 17.4 Å². The molecule has 0 radical (unpaired) electrons. The molecule has 0 aliphatic rings. The number of alkyl halides is 5. The van der Waals surface area contributed by atoms with Crippen LogP contribution in [0.1, 0.15) is 6.42 Å². The topological polar surface area (TPSA) is 0 Å². The fourth-order valence-corrected chi connectivity index (χ4v) is 0.890. The maximum absolute atomic E-state index is 12.1. The van der Waals surface area contributed by atoms with E-state index in [1.165, 1.54) is 0 Å². The summed E-state index contributed by atoms with van der Waals surface area (Å²) < 4.78 is 35.7. The smallest absolute Gasteiger partial charge is 0.240 e. The van der Waals surface area contributed by atoms with Crippen LogP contribution >= 0.6 is 31.9 Å². The molecule has 0 fully saturated rings. The second kappa shape index (κ2) is 3.81. The van der Waals surface area contributed by atoms with Crippen molar-refractivity contribution >= 4 is 31.9 Å². The van der Waals surface area contributed by atoms with Crippen LogP contribution in [0.2, 0.25) is 0 Å². The molecule has 0 saturated carbocycles. The van der Waals surface area contributed by atoms with Gasteiger partial charge in [-0.1, -0.05) is 15.9 Å². The molecule has 0 aromatic heterocycles. The molecular weight excluding hydrogens is 265 g/mol. The van der Waals surface area contributed by atoms with Gasteiger partial charge in [-0.15, -0.1) is 0 Å². The third kappa shape index (κ3) is 4.19. The van der Waals surface area contributed by atoms with Crippen molar-refractivity contribution in [1.29, 1.82) is 0 Å². The van der Waals surface area contributed by atoms with Crippen molar-refractivity contribution in [3.05, 3.63) is 0 Å². The molecule has 9 heavy (non-hydrogen) atoms. The summed E-state index contributed by atoms with van der Waals surface area (Å²) in [5, 5.41) is 0.245.